The lowest BCUT2D eigenvalue weighted by atomic mass is 10.2. The lowest BCUT2D eigenvalue weighted by Crippen LogP contribution is -2.42. The Morgan fingerprint density at radius 2 is 1.95 bits per heavy atom. The number of nitrogens with zero attached hydrogens (tertiary/aromatic N) is 1. The lowest BCUT2D eigenvalue weighted by Gasteiger charge is -2.27. The van der Waals surface area contributed by atoms with Crippen LogP contribution in [0.5, 0.6) is 0 Å². The van der Waals surface area contributed by atoms with Gasteiger partial charge in [0, 0.05) is 34.7 Å². The summed E-state index contributed by atoms with van der Waals surface area (Å²) in [7, 11) is -3.44. The average Bonchev–Trinajstić information content (AvgIpc) is 2.94. The molecule has 1 N–H and O–H groups in total. The molecule has 1 aliphatic rings. The van der Waals surface area contributed by atoms with Gasteiger partial charge < -0.3 is 5.32 Å². The van der Waals surface area contributed by atoms with E-state index >= 15 is 0 Å². The van der Waals surface area contributed by atoms with Gasteiger partial charge in [0.15, 0.2) is 0 Å². The Balaban J connectivity index is 0.00000242. The van der Waals surface area contributed by atoms with Crippen molar-refractivity contribution in [1.29, 1.82) is 0 Å². The normalized spacial score (nSPS) is 18.5. The molecule has 0 amide bonds. The lowest BCUT2D eigenvalue weighted by molar-refractivity contribution is 0.334. The predicted molar refractivity (Wildman–Crippen MR) is 94.6 cm³/mol. The summed E-state index contributed by atoms with van der Waals surface area (Å²) in [6.07, 6.45) is 1.63. The molecule has 126 valence electrons. The van der Waals surface area contributed by atoms with Gasteiger partial charge in [-0.15, -0.1) is 12.4 Å². The van der Waals surface area contributed by atoms with Crippen LogP contribution >= 0.6 is 35.6 Å². The van der Waals surface area contributed by atoms with Crippen molar-refractivity contribution in [3.05, 3.63) is 33.8 Å². The van der Waals surface area contributed by atoms with Crippen LogP contribution in [0.15, 0.2) is 18.2 Å². The fourth-order valence-corrected chi connectivity index (χ4v) is 5.22. The van der Waals surface area contributed by atoms with E-state index in [4.69, 9.17) is 23.2 Å². The van der Waals surface area contributed by atoms with Gasteiger partial charge in [0.05, 0.1) is 5.75 Å². The number of hydrogen-bond acceptors (Lipinski definition) is 3. The summed E-state index contributed by atoms with van der Waals surface area (Å²) in [6.45, 7) is 4.06. The van der Waals surface area contributed by atoms with Crippen molar-refractivity contribution >= 4 is 45.6 Å². The maximum atomic E-state index is 12.8. The molecule has 1 saturated heterocycles. The number of benzene rings is 1. The summed E-state index contributed by atoms with van der Waals surface area (Å²) in [5, 5.41) is 4.00. The van der Waals surface area contributed by atoms with Crippen LogP contribution in [0.4, 0.5) is 0 Å². The molecule has 2 rings (SSSR count). The van der Waals surface area contributed by atoms with Crippen molar-refractivity contribution < 1.29 is 8.42 Å². The molecule has 1 aromatic carbocycles. The first-order valence-electron chi connectivity index (χ1n) is 7.09. The maximum Gasteiger partial charge on any atom is 0.218 e. The van der Waals surface area contributed by atoms with Crippen molar-refractivity contribution in [1.82, 2.24) is 9.62 Å². The van der Waals surface area contributed by atoms with Crippen LogP contribution in [-0.4, -0.2) is 38.4 Å². The minimum atomic E-state index is -3.44. The smallest absolute Gasteiger partial charge is 0.218 e. The third-order valence-corrected chi connectivity index (χ3v) is 6.19. The van der Waals surface area contributed by atoms with Crippen LogP contribution in [0.1, 0.15) is 25.3 Å². The number of hydrogen-bond donors (Lipinski definition) is 1. The summed E-state index contributed by atoms with van der Waals surface area (Å²) < 4.78 is 27.1. The monoisotopic (exact) mass is 386 g/mol. The molecule has 8 heteroatoms. The zero-order valence-electron chi connectivity index (χ0n) is 12.4. The minimum Gasteiger partial charge on any atom is -0.315 e. The van der Waals surface area contributed by atoms with Gasteiger partial charge in [-0.3, -0.25) is 0 Å². The molecule has 1 aromatic rings. The van der Waals surface area contributed by atoms with Crippen molar-refractivity contribution in [2.75, 3.05) is 19.6 Å². The van der Waals surface area contributed by atoms with Gasteiger partial charge in [0.2, 0.25) is 10.0 Å². The quantitative estimate of drug-likeness (QED) is 0.814. The molecular weight excluding hydrogens is 367 g/mol. The molecule has 0 saturated carbocycles. The Morgan fingerprint density at radius 1 is 1.32 bits per heavy atom. The van der Waals surface area contributed by atoms with Crippen LogP contribution in [-0.2, 0) is 15.8 Å². The third kappa shape index (κ3) is 4.73. The molecule has 0 spiro atoms. The van der Waals surface area contributed by atoms with Gasteiger partial charge in [0.1, 0.15) is 0 Å². The second-order valence-electron chi connectivity index (χ2n) is 5.21. The van der Waals surface area contributed by atoms with Crippen molar-refractivity contribution in [2.45, 2.75) is 31.6 Å². The van der Waals surface area contributed by atoms with Gasteiger partial charge in [-0.1, -0.05) is 36.2 Å². The highest BCUT2D eigenvalue weighted by Gasteiger charge is 2.32. The van der Waals surface area contributed by atoms with E-state index in [1.54, 1.807) is 22.5 Å². The Hall–Kier alpha value is -0.0400. The van der Waals surface area contributed by atoms with E-state index in [0.29, 0.717) is 28.7 Å². The third-order valence-electron chi connectivity index (χ3n) is 3.63. The Labute approximate surface area is 148 Å². The van der Waals surface area contributed by atoms with Gasteiger partial charge in [0.25, 0.3) is 0 Å². The predicted octanol–water partition coefficient (Wildman–Crippen LogP) is 3.32. The van der Waals surface area contributed by atoms with Crippen molar-refractivity contribution in [3.8, 4) is 0 Å². The summed E-state index contributed by atoms with van der Waals surface area (Å²) >= 11 is 12.2. The number of rotatable bonds is 6. The number of halogens is 3. The van der Waals surface area contributed by atoms with E-state index in [1.165, 1.54) is 0 Å². The Bertz CT molecular complexity index is 570. The van der Waals surface area contributed by atoms with E-state index in [9.17, 15) is 8.42 Å². The standard InChI is InChI=1S/C14H20Cl2N2O2S.ClH/c1-2-8-18(11-6-7-17-9-11)21(19,20)10-12-13(15)4-3-5-14(12)16;/h3-5,11,17H,2,6-10H2,1H3;1H. The second-order valence-corrected chi connectivity index (χ2v) is 7.95. The second kappa shape index (κ2) is 8.71. The number of nitrogens with one attached hydrogen (secondary N) is 1. The first-order chi connectivity index (χ1) is 9.95. The summed E-state index contributed by atoms with van der Waals surface area (Å²) in [4.78, 5) is 0. The zero-order chi connectivity index (χ0) is 15.5. The molecule has 1 fully saturated rings. The van der Waals surface area contributed by atoms with Crippen molar-refractivity contribution in [3.63, 3.8) is 0 Å². The summed E-state index contributed by atoms with van der Waals surface area (Å²) in [5.74, 6) is -0.151. The molecule has 1 heterocycles. The average molecular weight is 388 g/mol. The van der Waals surface area contributed by atoms with Gasteiger partial charge in [-0.05, 0) is 31.5 Å². The topological polar surface area (TPSA) is 49.4 Å². The summed E-state index contributed by atoms with van der Waals surface area (Å²) in [5.41, 5.74) is 0.480. The van der Waals surface area contributed by atoms with E-state index in [-0.39, 0.29) is 24.2 Å². The molecular formula is C14H21Cl3N2O2S. The van der Waals surface area contributed by atoms with E-state index in [1.807, 2.05) is 6.92 Å². The maximum absolute atomic E-state index is 12.8. The van der Waals surface area contributed by atoms with Gasteiger partial charge >= 0.3 is 0 Å². The van der Waals surface area contributed by atoms with Crippen LogP contribution in [0.25, 0.3) is 0 Å². The molecule has 22 heavy (non-hydrogen) atoms. The molecule has 0 aliphatic carbocycles. The highest BCUT2D eigenvalue weighted by atomic mass is 35.5. The van der Waals surface area contributed by atoms with Crippen molar-refractivity contribution in [2.24, 2.45) is 0 Å². The molecule has 1 unspecified atom stereocenters. The van der Waals surface area contributed by atoms with Crippen LogP contribution in [0, 0.1) is 0 Å². The highest BCUT2D eigenvalue weighted by molar-refractivity contribution is 7.88. The molecule has 0 bridgehead atoms. The molecule has 1 aliphatic heterocycles. The zero-order valence-corrected chi connectivity index (χ0v) is 15.5. The number of sulfonamides is 1. The van der Waals surface area contributed by atoms with Crippen LogP contribution in [0.2, 0.25) is 10.0 Å². The van der Waals surface area contributed by atoms with Crippen LogP contribution < -0.4 is 5.32 Å². The Kier molecular flexibility index (Phi) is 7.92. The minimum absolute atomic E-state index is 0. The van der Waals surface area contributed by atoms with E-state index < -0.39 is 10.0 Å². The Morgan fingerprint density at radius 3 is 2.45 bits per heavy atom. The first kappa shape index (κ1) is 20.0. The van der Waals surface area contributed by atoms with Crippen LogP contribution in [0.3, 0.4) is 0 Å². The molecule has 1 atom stereocenters. The SMILES string of the molecule is CCCN(C1CCNC1)S(=O)(=O)Cc1c(Cl)cccc1Cl.Cl. The molecule has 0 radical (unpaired) electrons. The first-order valence-corrected chi connectivity index (χ1v) is 9.45. The fraction of sp³-hybridized carbons (Fsp3) is 0.571. The van der Waals surface area contributed by atoms with E-state index in [0.717, 1.165) is 19.4 Å². The molecule has 4 nitrogen and oxygen atoms in total. The highest BCUT2D eigenvalue weighted by Crippen LogP contribution is 2.28. The van der Waals surface area contributed by atoms with Gasteiger partial charge in [-0.25, -0.2) is 8.42 Å². The fourth-order valence-electron chi connectivity index (χ4n) is 2.59. The largest absolute Gasteiger partial charge is 0.315 e. The van der Waals surface area contributed by atoms with Gasteiger partial charge in [-0.2, -0.15) is 4.31 Å². The summed E-state index contributed by atoms with van der Waals surface area (Å²) in [6, 6.07) is 5.07. The van der Waals surface area contributed by atoms with E-state index in [2.05, 4.69) is 5.32 Å². The molecule has 0 aromatic heterocycles.